The summed E-state index contributed by atoms with van der Waals surface area (Å²) < 4.78 is 0. The van der Waals surface area contributed by atoms with Gasteiger partial charge in [-0.1, -0.05) is 12.1 Å². The molecule has 108 valence electrons. The highest BCUT2D eigenvalue weighted by atomic mass is 16.4. The molecule has 1 aromatic carbocycles. The molecule has 21 heavy (non-hydrogen) atoms. The highest BCUT2D eigenvalue weighted by Gasteiger charge is 2.09. The Kier molecular flexibility index (Phi) is 4.50. The summed E-state index contributed by atoms with van der Waals surface area (Å²) in [6.45, 7) is 0. The van der Waals surface area contributed by atoms with E-state index in [2.05, 4.69) is 10.3 Å². The summed E-state index contributed by atoms with van der Waals surface area (Å²) in [7, 11) is 0. The number of hydrogen-bond donors (Lipinski definition) is 3. The first-order valence-corrected chi connectivity index (χ1v) is 6.35. The molecule has 0 fully saturated rings. The molecule has 1 aromatic heterocycles. The molecule has 2 rings (SSSR count). The van der Waals surface area contributed by atoms with Crippen LogP contribution in [-0.2, 0) is 11.2 Å². The van der Waals surface area contributed by atoms with Crippen molar-refractivity contribution in [2.45, 2.75) is 12.8 Å². The van der Waals surface area contributed by atoms with Crippen LogP contribution < -0.4 is 10.7 Å². The Balaban J connectivity index is 2.03. The zero-order valence-corrected chi connectivity index (χ0v) is 11.1. The lowest BCUT2D eigenvalue weighted by molar-refractivity contribution is -0.136. The number of benzene rings is 1. The zero-order chi connectivity index (χ0) is 15.2. The van der Waals surface area contributed by atoms with Crippen LogP contribution in [0, 0.1) is 0 Å². The van der Waals surface area contributed by atoms with Crippen LogP contribution in [0.5, 0.6) is 0 Å². The summed E-state index contributed by atoms with van der Waals surface area (Å²) in [5, 5.41) is 11.2. The van der Waals surface area contributed by atoms with Crippen LogP contribution in [-0.4, -0.2) is 22.0 Å². The van der Waals surface area contributed by atoms with Crippen LogP contribution in [0.3, 0.4) is 0 Å². The van der Waals surface area contributed by atoms with E-state index in [-0.39, 0.29) is 17.4 Å². The van der Waals surface area contributed by atoms with Gasteiger partial charge in [-0.3, -0.25) is 14.4 Å². The maximum atomic E-state index is 11.9. The fraction of sp³-hybridized carbons (Fsp3) is 0.133. The first-order chi connectivity index (χ1) is 10.1. The van der Waals surface area contributed by atoms with Gasteiger partial charge < -0.3 is 15.4 Å². The lowest BCUT2D eigenvalue weighted by Gasteiger charge is -2.06. The third kappa shape index (κ3) is 4.04. The minimum atomic E-state index is -0.851. The van der Waals surface area contributed by atoms with Gasteiger partial charge in [0.15, 0.2) is 5.43 Å². The Bertz CT molecular complexity index is 704. The Labute approximate surface area is 120 Å². The van der Waals surface area contributed by atoms with Crippen molar-refractivity contribution < 1.29 is 14.7 Å². The molecule has 0 unspecified atom stereocenters. The number of aryl methyl sites for hydroxylation is 1. The van der Waals surface area contributed by atoms with E-state index >= 15 is 0 Å². The first-order valence-electron chi connectivity index (χ1n) is 6.35. The number of carboxylic acid groups (broad SMARTS) is 1. The topological polar surface area (TPSA) is 99.3 Å². The van der Waals surface area contributed by atoms with Crippen LogP contribution >= 0.6 is 0 Å². The van der Waals surface area contributed by atoms with Gasteiger partial charge in [0, 0.05) is 30.6 Å². The van der Waals surface area contributed by atoms with Gasteiger partial charge >= 0.3 is 5.97 Å². The molecule has 0 aliphatic heterocycles. The van der Waals surface area contributed by atoms with Crippen molar-refractivity contribution in [2.75, 3.05) is 5.32 Å². The number of H-pyrrole nitrogens is 1. The molecule has 0 saturated heterocycles. The highest BCUT2D eigenvalue weighted by molar-refractivity contribution is 6.03. The summed E-state index contributed by atoms with van der Waals surface area (Å²) in [6, 6.07) is 8.11. The normalized spacial score (nSPS) is 10.1. The van der Waals surface area contributed by atoms with Crippen LogP contribution in [0.15, 0.2) is 47.5 Å². The number of nitrogens with one attached hydrogen (secondary N) is 2. The number of carbonyl (C=O) groups is 2. The number of aromatic amines is 1. The largest absolute Gasteiger partial charge is 0.481 e. The third-order valence-electron chi connectivity index (χ3n) is 2.91. The van der Waals surface area contributed by atoms with Crippen molar-refractivity contribution in [3.05, 3.63) is 64.1 Å². The molecule has 0 aliphatic rings. The first kappa shape index (κ1) is 14.5. The average molecular weight is 286 g/mol. The van der Waals surface area contributed by atoms with Crippen molar-refractivity contribution in [2.24, 2.45) is 0 Å². The number of pyridine rings is 1. The molecular formula is C15H14N2O4. The van der Waals surface area contributed by atoms with E-state index < -0.39 is 11.9 Å². The highest BCUT2D eigenvalue weighted by Crippen LogP contribution is 2.11. The SMILES string of the molecule is O=C(O)CCc1ccc(NC(=O)c2c[nH]ccc2=O)cc1. The lowest BCUT2D eigenvalue weighted by atomic mass is 10.1. The summed E-state index contributed by atoms with van der Waals surface area (Å²) in [4.78, 5) is 36.6. The fourth-order valence-corrected chi connectivity index (χ4v) is 1.80. The van der Waals surface area contributed by atoms with Crippen LogP contribution in [0.25, 0.3) is 0 Å². The molecule has 6 heteroatoms. The van der Waals surface area contributed by atoms with Gasteiger partial charge in [0.2, 0.25) is 0 Å². The van der Waals surface area contributed by atoms with E-state index in [4.69, 9.17) is 5.11 Å². The van der Waals surface area contributed by atoms with Gasteiger partial charge in [-0.15, -0.1) is 0 Å². The quantitative estimate of drug-likeness (QED) is 0.778. The minimum Gasteiger partial charge on any atom is -0.481 e. The Morgan fingerprint density at radius 2 is 1.86 bits per heavy atom. The second-order valence-electron chi connectivity index (χ2n) is 4.47. The molecule has 2 aromatic rings. The number of carbonyl (C=O) groups excluding carboxylic acids is 1. The maximum Gasteiger partial charge on any atom is 0.303 e. The molecule has 1 heterocycles. The van der Waals surface area contributed by atoms with Crippen LogP contribution in [0.1, 0.15) is 22.3 Å². The number of carboxylic acids is 1. The molecule has 0 atom stereocenters. The predicted octanol–water partition coefficient (Wildman–Crippen LogP) is 1.64. The Morgan fingerprint density at radius 3 is 2.48 bits per heavy atom. The summed E-state index contributed by atoms with van der Waals surface area (Å²) in [5.74, 6) is -1.34. The Hall–Kier alpha value is -2.89. The third-order valence-corrected chi connectivity index (χ3v) is 2.91. The van der Waals surface area contributed by atoms with Gasteiger partial charge in [0.25, 0.3) is 5.91 Å². The van der Waals surface area contributed by atoms with Gasteiger partial charge in [0.05, 0.1) is 0 Å². The fourth-order valence-electron chi connectivity index (χ4n) is 1.80. The number of aliphatic carboxylic acids is 1. The molecule has 0 aliphatic carbocycles. The summed E-state index contributed by atoms with van der Waals surface area (Å²) in [6.07, 6.45) is 3.29. The van der Waals surface area contributed by atoms with Gasteiger partial charge in [0.1, 0.15) is 5.56 Å². The molecule has 0 saturated carbocycles. The summed E-state index contributed by atoms with van der Waals surface area (Å²) >= 11 is 0. The zero-order valence-electron chi connectivity index (χ0n) is 11.1. The molecule has 3 N–H and O–H groups in total. The Morgan fingerprint density at radius 1 is 1.14 bits per heavy atom. The van der Waals surface area contributed by atoms with Gasteiger partial charge in [-0.25, -0.2) is 0 Å². The monoisotopic (exact) mass is 286 g/mol. The van der Waals surface area contributed by atoms with E-state index in [1.165, 1.54) is 18.5 Å². The smallest absolute Gasteiger partial charge is 0.303 e. The van der Waals surface area contributed by atoms with Crippen molar-refractivity contribution in [1.82, 2.24) is 4.98 Å². The van der Waals surface area contributed by atoms with Gasteiger partial charge in [-0.2, -0.15) is 0 Å². The van der Waals surface area contributed by atoms with E-state index in [9.17, 15) is 14.4 Å². The number of amides is 1. The van der Waals surface area contributed by atoms with Crippen molar-refractivity contribution >= 4 is 17.6 Å². The average Bonchev–Trinajstić information content (AvgIpc) is 2.47. The number of anilines is 1. The van der Waals surface area contributed by atoms with Crippen LogP contribution in [0.2, 0.25) is 0 Å². The molecule has 0 bridgehead atoms. The molecule has 1 amide bonds. The summed E-state index contributed by atoms with van der Waals surface area (Å²) in [5.41, 5.74) is 1.09. The standard InChI is InChI=1S/C15H14N2O4/c18-13-7-8-16-9-12(13)15(21)17-11-4-1-10(2-5-11)3-6-14(19)20/h1-2,4-5,7-9H,3,6H2,(H,16,18)(H,17,21)(H,19,20). The van der Waals surface area contributed by atoms with Gasteiger partial charge in [-0.05, 0) is 24.1 Å². The maximum absolute atomic E-state index is 11.9. The second-order valence-corrected chi connectivity index (χ2v) is 4.47. The molecular weight excluding hydrogens is 272 g/mol. The van der Waals surface area contributed by atoms with Crippen molar-refractivity contribution in [1.29, 1.82) is 0 Å². The molecule has 6 nitrogen and oxygen atoms in total. The number of hydrogen-bond acceptors (Lipinski definition) is 3. The number of rotatable bonds is 5. The minimum absolute atomic E-state index is 0.0347. The lowest BCUT2D eigenvalue weighted by Crippen LogP contribution is -2.20. The van der Waals surface area contributed by atoms with Crippen LogP contribution in [0.4, 0.5) is 5.69 Å². The van der Waals surface area contributed by atoms with E-state index in [1.54, 1.807) is 24.3 Å². The second kappa shape index (κ2) is 6.51. The predicted molar refractivity (Wildman–Crippen MR) is 77.4 cm³/mol. The van der Waals surface area contributed by atoms with E-state index in [1.807, 2.05) is 0 Å². The van der Waals surface area contributed by atoms with Crippen molar-refractivity contribution in [3.63, 3.8) is 0 Å². The number of aromatic nitrogens is 1. The van der Waals surface area contributed by atoms with E-state index in [0.29, 0.717) is 12.1 Å². The van der Waals surface area contributed by atoms with Crippen molar-refractivity contribution in [3.8, 4) is 0 Å². The molecule has 0 spiro atoms. The molecule has 0 radical (unpaired) electrons. The van der Waals surface area contributed by atoms with E-state index in [0.717, 1.165) is 5.56 Å².